The first kappa shape index (κ1) is 10.2. The molecule has 0 aliphatic carbocycles. The number of nitrogen functional groups attached to an aromatic ring is 1. The van der Waals surface area contributed by atoms with Crippen molar-refractivity contribution in [2.24, 2.45) is 0 Å². The molecule has 4 heteroatoms. The number of aromatic hydroxyl groups is 1. The number of nitrogens with two attached hydrogens (primary N) is 1. The number of anilines is 1. The van der Waals surface area contributed by atoms with Crippen molar-refractivity contribution >= 4 is 17.8 Å². The van der Waals surface area contributed by atoms with Gasteiger partial charge in [-0.2, -0.15) is 0 Å². The topological polar surface area (TPSA) is 80.4 Å². The maximum atomic E-state index is 11.4. The Bertz CT molecular complexity index is 360. The highest BCUT2D eigenvalue weighted by molar-refractivity contribution is 5.97. The van der Waals surface area contributed by atoms with E-state index in [1.807, 2.05) is 0 Å². The molecule has 0 atom stereocenters. The molecular formula is C10H11NO3. The van der Waals surface area contributed by atoms with Crippen molar-refractivity contribution < 1.29 is 14.7 Å². The molecule has 0 saturated heterocycles. The van der Waals surface area contributed by atoms with E-state index in [1.165, 1.54) is 18.2 Å². The zero-order valence-corrected chi connectivity index (χ0v) is 7.56. The molecule has 0 aliphatic heterocycles. The summed E-state index contributed by atoms with van der Waals surface area (Å²) in [5, 5.41) is 9.11. The van der Waals surface area contributed by atoms with Crippen LogP contribution in [0.25, 0.3) is 0 Å². The van der Waals surface area contributed by atoms with Crippen LogP contribution in [0.5, 0.6) is 5.75 Å². The minimum absolute atomic E-state index is 0.0445. The molecular weight excluding hydrogens is 182 g/mol. The molecule has 0 aliphatic rings. The second-order valence-electron chi connectivity index (χ2n) is 2.90. The van der Waals surface area contributed by atoms with Crippen LogP contribution in [0.4, 0.5) is 5.69 Å². The number of phenolic OH excluding ortho intramolecular Hbond substituents is 1. The van der Waals surface area contributed by atoms with E-state index < -0.39 is 0 Å². The van der Waals surface area contributed by atoms with Crippen LogP contribution in [0.3, 0.4) is 0 Å². The van der Waals surface area contributed by atoms with E-state index in [9.17, 15) is 9.59 Å². The number of hydrogen-bond acceptors (Lipinski definition) is 4. The lowest BCUT2D eigenvalue weighted by Gasteiger charge is -2.01. The van der Waals surface area contributed by atoms with Crippen molar-refractivity contribution in [3.05, 3.63) is 23.8 Å². The molecule has 1 rings (SSSR count). The second kappa shape index (κ2) is 4.41. The average molecular weight is 193 g/mol. The molecule has 0 aromatic heterocycles. The summed E-state index contributed by atoms with van der Waals surface area (Å²) in [6.07, 6.45) is 1.08. The number of benzene rings is 1. The van der Waals surface area contributed by atoms with Gasteiger partial charge in [0, 0.05) is 18.4 Å². The lowest BCUT2D eigenvalue weighted by molar-refractivity contribution is -0.107. The summed E-state index contributed by atoms with van der Waals surface area (Å²) in [5.41, 5.74) is 6.00. The van der Waals surface area contributed by atoms with Gasteiger partial charge in [0.05, 0.1) is 5.69 Å². The number of ketones is 1. The van der Waals surface area contributed by atoms with Crippen LogP contribution in [0, 0.1) is 0 Å². The molecule has 0 amide bonds. The molecule has 0 radical (unpaired) electrons. The Morgan fingerprint density at radius 3 is 2.79 bits per heavy atom. The van der Waals surface area contributed by atoms with Crippen molar-refractivity contribution in [1.29, 1.82) is 0 Å². The molecule has 0 bridgehead atoms. The molecule has 4 nitrogen and oxygen atoms in total. The monoisotopic (exact) mass is 193 g/mol. The second-order valence-corrected chi connectivity index (χ2v) is 2.90. The fourth-order valence-corrected chi connectivity index (χ4v) is 1.06. The fourth-order valence-electron chi connectivity index (χ4n) is 1.06. The standard InChI is InChI=1S/C10H11NO3/c11-8-6-7(3-4-10(8)14)9(13)2-1-5-12/h3-6,14H,1-2,11H2. The average Bonchev–Trinajstić information content (AvgIpc) is 2.18. The zero-order valence-electron chi connectivity index (χ0n) is 7.56. The van der Waals surface area contributed by atoms with Crippen LogP contribution in [-0.2, 0) is 4.79 Å². The summed E-state index contributed by atoms with van der Waals surface area (Å²) in [7, 11) is 0. The third-order valence-electron chi connectivity index (χ3n) is 1.84. The summed E-state index contributed by atoms with van der Waals surface area (Å²) in [6, 6.07) is 4.25. The van der Waals surface area contributed by atoms with Gasteiger partial charge in [0.1, 0.15) is 12.0 Å². The predicted octanol–water partition coefficient (Wildman–Crippen LogP) is 1.14. The quantitative estimate of drug-likeness (QED) is 0.325. The highest BCUT2D eigenvalue weighted by Crippen LogP contribution is 2.21. The van der Waals surface area contributed by atoms with Crippen LogP contribution in [0.2, 0.25) is 0 Å². The highest BCUT2D eigenvalue weighted by atomic mass is 16.3. The Morgan fingerprint density at radius 1 is 1.50 bits per heavy atom. The largest absolute Gasteiger partial charge is 0.506 e. The van der Waals surface area contributed by atoms with Gasteiger partial charge < -0.3 is 15.6 Å². The number of phenols is 1. The van der Waals surface area contributed by atoms with Crippen LogP contribution >= 0.6 is 0 Å². The Morgan fingerprint density at radius 2 is 2.21 bits per heavy atom. The normalized spacial score (nSPS) is 9.71. The van der Waals surface area contributed by atoms with E-state index in [4.69, 9.17) is 10.8 Å². The summed E-state index contributed by atoms with van der Waals surface area (Å²) in [4.78, 5) is 21.4. The Labute approximate surface area is 81.3 Å². The molecule has 14 heavy (non-hydrogen) atoms. The van der Waals surface area contributed by atoms with E-state index in [1.54, 1.807) is 0 Å². The van der Waals surface area contributed by atoms with Gasteiger partial charge in [-0.1, -0.05) is 0 Å². The maximum Gasteiger partial charge on any atom is 0.163 e. The summed E-state index contributed by atoms with van der Waals surface area (Å²) in [6.45, 7) is 0. The zero-order chi connectivity index (χ0) is 10.6. The van der Waals surface area contributed by atoms with Crippen molar-refractivity contribution in [2.45, 2.75) is 12.8 Å². The Kier molecular flexibility index (Phi) is 3.23. The fraction of sp³-hybridized carbons (Fsp3) is 0.200. The minimum atomic E-state index is -0.149. The Balaban J connectivity index is 2.80. The lowest BCUT2D eigenvalue weighted by Crippen LogP contribution is -2.00. The predicted molar refractivity (Wildman–Crippen MR) is 52.1 cm³/mol. The van der Waals surface area contributed by atoms with Gasteiger partial charge in [0.15, 0.2) is 5.78 Å². The first-order chi connectivity index (χ1) is 6.65. The van der Waals surface area contributed by atoms with Gasteiger partial charge in [0.25, 0.3) is 0 Å². The molecule has 74 valence electrons. The van der Waals surface area contributed by atoms with Crippen molar-refractivity contribution in [2.75, 3.05) is 5.73 Å². The third kappa shape index (κ3) is 2.32. The summed E-state index contributed by atoms with van der Waals surface area (Å²) in [5.74, 6) is -0.194. The summed E-state index contributed by atoms with van der Waals surface area (Å²) < 4.78 is 0. The van der Waals surface area contributed by atoms with Crippen LogP contribution in [0.15, 0.2) is 18.2 Å². The molecule has 3 N–H and O–H groups in total. The number of Topliss-reactive ketones (excluding diaryl/α,β-unsaturated/α-hetero) is 1. The minimum Gasteiger partial charge on any atom is -0.506 e. The molecule has 0 unspecified atom stereocenters. The first-order valence-corrected chi connectivity index (χ1v) is 4.20. The van der Waals surface area contributed by atoms with E-state index in [0.29, 0.717) is 11.8 Å². The Hall–Kier alpha value is -1.84. The van der Waals surface area contributed by atoms with Crippen molar-refractivity contribution in [3.63, 3.8) is 0 Å². The van der Waals surface area contributed by atoms with E-state index in [2.05, 4.69) is 0 Å². The number of rotatable bonds is 4. The van der Waals surface area contributed by atoms with Gasteiger partial charge in [-0.15, -0.1) is 0 Å². The van der Waals surface area contributed by atoms with Gasteiger partial charge in [-0.05, 0) is 18.2 Å². The number of aldehydes is 1. The van der Waals surface area contributed by atoms with E-state index in [-0.39, 0.29) is 30.1 Å². The molecule has 0 fully saturated rings. The first-order valence-electron chi connectivity index (χ1n) is 4.20. The highest BCUT2D eigenvalue weighted by Gasteiger charge is 2.07. The van der Waals surface area contributed by atoms with Crippen molar-refractivity contribution in [1.82, 2.24) is 0 Å². The smallest absolute Gasteiger partial charge is 0.163 e. The molecule has 0 spiro atoms. The molecule has 0 heterocycles. The molecule has 1 aromatic rings. The SMILES string of the molecule is Nc1cc(C(=O)CCC=O)ccc1O. The summed E-state index contributed by atoms with van der Waals surface area (Å²) >= 11 is 0. The molecule has 0 saturated carbocycles. The number of carbonyl (C=O) groups is 2. The van der Waals surface area contributed by atoms with E-state index in [0.717, 1.165) is 0 Å². The lowest BCUT2D eigenvalue weighted by atomic mass is 10.1. The van der Waals surface area contributed by atoms with Crippen LogP contribution < -0.4 is 5.73 Å². The number of carbonyl (C=O) groups excluding carboxylic acids is 2. The molecule has 1 aromatic carbocycles. The number of hydrogen-bond donors (Lipinski definition) is 2. The van der Waals surface area contributed by atoms with Crippen LogP contribution in [0.1, 0.15) is 23.2 Å². The van der Waals surface area contributed by atoms with Crippen molar-refractivity contribution in [3.8, 4) is 5.75 Å². The van der Waals surface area contributed by atoms with Crippen LogP contribution in [-0.4, -0.2) is 17.2 Å². The van der Waals surface area contributed by atoms with E-state index >= 15 is 0 Å². The van der Waals surface area contributed by atoms with Gasteiger partial charge >= 0.3 is 0 Å². The van der Waals surface area contributed by atoms with Gasteiger partial charge in [-0.25, -0.2) is 0 Å². The third-order valence-corrected chi connectivity index (χ3v) is 1.84. The maximum absolute atomic E-state index is 11.4. The van der Waals surface area contributed by atoms with Gasteiger partial charge in [-0.3, -0.25) is 4.79 Å². The van der Waals surface area contributed by atoms with Gasteiger partial charge in [0.2, 0.25) is 0 Å².